The summed E-state index contributed by atoms with van der Waals surface area (Å²) in [6.07, 6.45) is 6.71. The van der Waals surface area contributed by atoms with Crippen molar-refractivity contribution in [3.63, 3.8) is 0 Å². The minimum absolute atomic E-state index is 0.0860. The number of aromatic nitrogens is 2. The van der Waals surface area contributed by atoms with E-state index < -0.39 is 4.92 Å². The third-order valence-corrected chi connectivity index (χ3v) is 6.77. The molecule has 2 fully saturated rings. The molecule has 0 aliphatic heterocycles. The fourth-order valence-corrected chi connectivity index (χ4v) is 5.90. The van der Waals surface area contributed by atoms with Gasteiger partial charge in [0.15, 0.2) is 11.4 Å². The summed E-state index contributed by atoms with van der Waals surface area (Å²) in [7, 11) is 0. The van der Waals surface area contributed by atoms with Crippen LogP contribution in [-0.2, 0) is 0 Å². The van der Waals surface area contributed by atoms with E-state index in [0.29, 0.717) is 23.1 Å². The molecule has 3 aliphatic rings. The Labute approximate surface area is 150 Å². The molecule has 2 saturated carbocycles. The third kappa shape index (κ3) is 1.97. The maximum Gasteiger partial charge on any atom is 0.331 e. The highest BCUT2D eigenvalue weighted by Crippen LogP contribution is 2.59. The summed E-state index contributed by atoms with van der Waals surface area (Å²) in [4.78, 5) is 10.6. The summed E-state index contributed by atoms with van der Waals surface area (Å²) < 4.78 is 1.88. The van der Waals surface area contributed by atoms with Crippen LogP contribution in [0.15, 0.2) is 24.3 Å². The van der Waals surface area contributed by atoms with Gasteiger partial charge in [-0.2, -0.15) is 0 Å². The van der Waals surface area contributed by atoms with Gasteiger partial charge in [0.25, 0.3) is 5.69 Å². The molecule has 0 spiro atoms. The molecule has 0 amide bonds. The molecule has 3 aliphatic carbocycles. The van der Waals surface area contributed by atoms with E-state index in [1.54, 1.807) is 12.1 Å². The first-order chi connectivity index (χ1) is 12.6. The van der Waals surface area contributed by atoms with E-state index in [1.165, 1.54) is 25.0 Å². The van der Waals surface area contributed by atoms with Crippen LogP contribution in [-0.4, -0.2) is 14.9 Å². The molecule has 7 heteroatoms. The fourth-order valence-electron chi connectivity index (χ4n) is 5.90. The molecule has 1 heterocycles. The number of imidazole rings is 1. The van der Waals surface area contributed by atoms with E-state index in [9.17, 15) is 20.5 Å². The molecule has 1 aromatic heterocycles. The van der Waals surface area contributed by atoms with Crippen LogP contribution in [0.1, 0.15) is 61.7 Å². The van der Waals surface area contributed by atoms with Crippen molar-refractivity contribution < 1.29 is 14.9 Å². The topological polar surface area (TPSA) is 95.2 Å². The average molecular weight is 355 g/mol. The lowest BCUT2D eigenvalue weighted by Crippen LogP contribution is -2.37. The number of nitrogens with zero attached hydrogens (tertiary/aromatic N) is 3. The second kappa shape index (κ2) is 5.46. The van der Waals surface area contributed by atoms with E-state index >= 15 is 0 Å². The van der Waals surface area contributed by atoms with Crippen LogP contribution in [0.5, 0.6) is 0 Å². The van der Waals surface area contributed by atoms with Gasteiger partial charge in [0.2, 0.25) is 0 Å². The Morgan fingerprint density at radius 2 is 1.88 bits per heavy atom. The van der Waals surface area contributed by atoms with Gasteiger partial charge in [0.05, 0.1) is 10.5 Å². The van der Waals surface area contributed by atoms with Gasteiger partial charge < -0.3 is 10.4 Å². The summed E-state index contributed by atoms with van der Waals surface area (Å²) >= 11 is 0. The van der Waals surface area contributed by atoms with Gasteiger partial charge in [-0.3, -0.25) is 10.1 Å². The van der Waals surface area contributed by atoms with Crippen molar-refractivity contribution in [1.82, 2.24) is 4.73 Å². The van der Waals surface area contributed by atoms with Gasteiger partial charge in [0.1, 0.15) is 0 Å². The molecule has 1 N–H and O–H groups in total. The first kappa shape index (κ1) is 15.7. The van der Waals surface area contributed by atoms with Crippen molar-refractivity contribution in [3.8, 4) is 11.4 Å². The summed E-state index contributed by atoms with van der Waals surface area (Å²) in [6.45, 7) is 0. The zero-order chi connectivity index (χ0) is 18.0. The zero-order valence-electron chi connectivity index (χ0n) is 14.4. The quantitative estimate of drug-likeness (QED) is 0.292. The van der Waals surface area contributed by atoms with Crippen molar-refractivity contribution in [1.29, 1.82) is 0 Å². The normalized spacial score (nSPS) is 29.2. The van der Waals surface area contributed by atoms with Crippen molar-refractivity contribution in [2.45, 2.75) is 50.4 Å². The molecule has 0 bridgehead atoms. The number of non-ortho nitro benzene ring substituents is 1. The maximum absolute atomic E-state index is 13.2. The number of hydrogen-bond acceptors (Lipinski definition) is 4. The Morgan fingerprint density at radius 1 is 1.15 bits per heavy atom. The van der Waals surface area contributed by atoms with E-state index in [-0.39, 0.29) is 23.3 Å². The van der Waals surface area contributed by atoms with Crippen LogP contribution < -0.4 is 4.73 Å². The number of benzene rings is 1. The van der Waals surface area contributed by atoms with Crippen molar-refractivity contribution in [2.75, 3.05) is 0 Å². The predicted molar refractivity (Wildman–Crippen MR) is 92.8 cm³/mol. The monoisotopic (exact) mass is 355 g/mol. The van der Waals surface area contributed by atoms with E-state index in [1.807, 2.05) is 0 Å². The Morgan fingerprint density at radius 3 is 2.62 bits per heavy atom. The molecular weight excluding hydrogens is 334 g/mol. The summed E-state index contributed by atoms with van der Waals surface area (Å²) in [5.74, 6) is 1.66. The summed E-state index contributed by atoms with van der Waals surface area (Å²) in [5.41, 5.74) is 1.75. The predicted octanol–water partition coefficient (Wildman–Crippen LogP) is 3.72. The fraction of sp³-hybridized carbons (Fsp3) is 0.526. The molecule has 2 aromatic rings. The smallest absolute Gasteiger partial charge is 0.331 e. The highest BCUT2D eigenvalue weighted by atomic mass is 16.6. The molecule has 5 rings (SSSR count). The molecule has 0 radical (unpaired) electrons. The lowest BCUT2D eigenvalue weighted by Gasteiger charge is -2.40. The average Bonchev–Trinajstić information content (AvgIpc) is 3.11. The lowest BCUT2D eigenvalue weighted by atomic mass is 9.64. The number of fused-ring (bicyclic) bond motifs is 3. The van der Waals surface area contributed by atoms with Crippen molar-refractivity contribution in [3.05, 3.63) is 51.0 Å². The molecular formula is C19H21N3O4. The van der Waals surface area contributed by atoms with Gasteiger partial charge in [-0.05, 0) is 35.5 Å². The zero-order valence-corrected chi connectivity index (χ0v) is 14.4. The minimum atomic E-state index is -0.486. The Kier molecular flexibility index (Phi) is 3.29. The van der Waals surface area contributed by atoms with Crippen LogP contribution in [0, 0.1) is 27.2 Å². The van der Waals surface area contributed by atoms with Gasteiger partial charge in [0, 0.05) is 24.0 Å². The summed E-state index contributed by atoms with van der Waals surface area (Å²) in [6, 6.07) is 5.93. The molecule has 7 nitrogen and oxygen atoms in total. The lowest BCUT2D eigenvalue weighted by molar-refractivity contribution is -0.604. The molecule has 0 saturated heterocycles. The number of nitro groups is 1. The van der Waals surface area contributed by atoms with E-state index in [2.05, 4.69) is 0 Å². The van der Waals surface area contributed by atoms with Gasteiger partial charge >= 0.3 is 5.82 Å². The molecule has 26 heavy (non-hydrogen) atoms. The Hall–Kier alpha value is -2.57. The standard InChI is InChI=1S/C19H21N3O4/c23-20-17-14-8-2-4-11-5-3-9-15(16(11)14)18(17)21(24)19(20)12-6-1-7-13(10-12)22(25)26/h1,6-7,10-11,14-16,23H,2-5,8-9H2/t11-,14-,15+,16-/m1/s1. The van der Waals surface area contributed by atoms with Crippen molar-refractivity contribution in [2.24, 2.45) is 11.8 Å². The molecule has 136 valence electrons. The largest absolute Gasteiger partial charge is 0.710 e. The summed E-state index contributed by atoms with van der Waals surface area (Å²) in [5, 5.41) is 35.1. The number of nitro benzene ring substituents is 1. The SMILES string of the molecule is O=[N+]([O-])c1cccc(-c2n(O)c3c([n+]2[O-])[C@H]2CCC[C@H]4CCC[C@@H]3[C@@H]42)c1. The van der Waals surface area contributed by atoms with E-state index in [0.717, 1.165) is 40.8 Å². The van der Waals surface area contributed by atoms with Crippen molar-refractivity contribution >= 4 is 5.69 Å². The van der Waals surface area contributed by atoms with Crippen LogP contribution in [0.2, 0.25) is 0 Å². The van der Waals surface area contributed by atoms with Crippen LogP contribution >= 0.6 is 0 Å². The highest BCUT2D eigenvalue weighted by Gasteiger charge is 2.55. The van der Waals surface area contributed by atoms with Gasteiger partial charge in [-0.1, -0.05) is 31.7 Å². The first-order valence-corrected chi connectivity index (χ1v) is 9.40. The second-order valence-corrected chi connectivity index (χ2v) is 7.92. The molecule has 1 aromatic carbocycles. The van der Waals surface area contributed by atoms with Gasteiger partial charge in [-0.15, -0.1) is 0 Å². The Balaban J connectivity index is 1.67. The number of rotatable bonds is 2. The van der Waals surface area contributed by atoms with Crippen LogP contribution in [0.4, 0.5) is 5.69 Å². The van der Waals surface area contributed by atoms with E-state index in [4.69, 9.17) is 0 Å². The third-order valence-electron chi connectivity index (χ3n) is 6.77. The molecule has 4 atom stereocenters. The molecule has 0 unspecified atom stereocenters. The highest BCUT2D eigenvalue weighted by molar-refractivity contribution is 5.58. The Bertz CT molecular complexity index is 865. The van der Waals surface area contributed by atoms with Gasteiger partial charge in [-0.25, -0.2) is 4.73 Å². The first-order valence-electron chi connectivity index (χ1n) is 9.40. The number of hydrogen-bond donors (Lipinski definition) is 1. The minimum Gasteiger partial charge on any atom is -0.710 e. The maximum atomic E-state index is 13.2. The van der Waals surface area contributed by atoms with Crippen LogP contribution in [0.25, 0.3) is 11.4 Å². The van der Waals surface area contributed by atoms with Crippen LogP contribution in [0.3, 0.4) is 0 Å². The second-order valence-electron chi connectivity index (χ2n) is 7.92.